The van der Waals surface area contributed by atoms with E-state index in [1.807, 2.05) is 32.8 Å². The molecule has 21 heavy (non-hydrogen) atoms. The van der Waals surface area contributed by atoms with Crippen LogP contribution in [0.4, 0.5) is 8.78 Å². The molecular weight excluding hydrogens is 296 g/mol. The smallest absolute Gasteiger partial charge is 0.184 e. The molecule has 0 fully saturated rings. The number of aromatic nitrogens is 2. The summed E-state index contributed by atoms with van der Waals surface area (Å²) in [6.45, 7) is 6.29. The number of likely N-dealkylation sites (N-methyl/N-ethyl adjacent to an activating group) is 1. The second-order valence-electron chi connectivity index (χ2n) is 6.11. The van der Waals surface area contributed by atoms with Crippen LogP contribution < -0.4 is 0 Å². The van der Waals surface area contributed by atoms with Gasteiger partial charge in [-0.2, -0.15) is 0 Å². The Bertz CT molecular complexity index is 662. The Kier molecular flexibility index (Phi) is 4.26. The summed E-state index contributed by atoms with van der Waals surface area (Å²) in [4.78, 5) is 6.39. The standard InChI is InChI=1S/C15H20ClF2N3/c1-9(16)14-19-11-7-6-10(17)12(18)13(11)21(14)8-15(2,3)20(4)5/h6-7,9H,8H2,1-5H3. The van der Waals surface area contributed by atoms with Crippen LogP contribution in [0, 0.1) is 11.6 Å². The van der Waals surface area contributed by atoms with Crippen molar-refractivity contribution in [2.45, 2.75) is 38.2 Å². The van der Waals surface area contributed by atoms with E-state index in [4.69, 9.17) is 11.6 Å². The number of imidazole rings is 1. The van der Waals surface area contributed by atoms with Crippen LogP contribution in [0.15, 0.2) is 12.1 Å². The van der Waals surface area contributed by atoms with E-state index < -0.39 is 17.0 Å². The van der Waals surface area contributed by atoms with E-state index in [0.29, 0.717) is 17.9 Å². The maximum atomic E-state index is 14.2. The first-order valence-corrected chi connectivity index (χ1v) is 7.24. The van der Waals surface area contributed by atoms with Crippen molar-refractivity contribution in [3.05, 3.63) is 29.6 Å². The molecule has 0 spiro atoms. The number of rotatable bonds is 4. The average Bonchev–Trinajstić information content (AvgIpc) is 2.72. The second-order valence-corrected chi connectivity index (χ2v) is 6.76. The molecule has 6 heteroatoms. The zero-order chi connectivity index (χ0) is 15.9. The monoisotopic (exact) mass is 315 g/mol. The van der Waals surface area contributed by atoms with Gasteiger partial charge in [-0.1, -0.05) is 0 Å². The number of hydrogen-bond donors (Lipinski definition) is 0. The number of alkyl halides is 1. The molecule has 2 aromatic rings. The van der Waals surface area contributed by atoms with Crippen LogP contribution in [0.25, 0.3) is 11.0 Å². The summed E-state index contributed by atoms with van der Waals surface area (Å²) in [7, 11) is 3.89. The fourth-order valence-electron chi connectivity index (χ4n) is 2.17. The summed E-state index contributed by atoms with van der Waals surface area (Å²) in [5.41, 5.74) is 0.339. The van der Waals surface area contributed by atoms with Crippen molar-refractivity contribution in [3.8, 4) is 0 Å². The van der Waals surface area contributed by atoms with Gasteiger partial charge in [0, 0.05) is 12.1 Å². The summed E-state index contributed by atoms with van der Waals surface area (Å²) in [6, 6.07) is 2.57. The lowest BCUT2D eigenvalue weighted by molar-refractivity contribution is 0.169. The molecule has 0 saturated carbocycles. The van der Waals surface area contributed by atoms with Crippen LogP contribution in [0.3, 0.4) is 0 Å². The highest BCUT2D eigenvalue weighted by Gasteiger charge is 2.27. The SMILES string of the molecule is CC(Cl)c1nc2ccc(F)c(F)c2n1CC(C)(C)N(C)C. The first-order chi connectivity index (χ1) is 9.65. The van der Waals surface area contributed by atoms with Crippen molar-refractivity contribution in [3.63, 3.8) is 0 Å². The Morgan fingerprint density at radius 1 is 1.33 bits per heavy atom. The van der Waals surface area contributed by atoms with E-state index in [0.717, 1.165) is 6.07 Å². The molecule has 116 valence electrons. The lowest BCUT2D eigenvalue weighted by atomic mass is 10.0. The highest BCUT2D eigenvalue weighted by atomic mass is 35.5. The average molecular weight is 316 g/mol. The van der Waals surface area contributed by atoms with Gasteiger partial charge in [0.1, 0.15) is 11.3 Å². The third-order valence-corrected chi connectivity index (χ3v) is 4.14. The lowest BCUT2D eigenvalue weighted by Gasteiger charge is -2.33. The van der Waals surface area contributed by atoms with Crippen molar-refractivity contribution in [2.24, 2.45) is 0 Å². The predicted molar refractivity (Wildman–Crippen MR) is 81.7 cm³/mol. The molecular formula is C15H20ClF2N3. The van der Waals surface area contributed by atoms with Gasteiger partial charge in [-0.15, -0.1) is 11.6 Å². The molecule has 1 heterocycles. The van der Waals surface area contributed by atoms with Crippen LogP contribution in [0.1, 0.15) is 32.0 Å². The van der Waals surface area contributed by atoms with Crippen molar-refractivity contribution in [1.82, 2.24) is 14.5 Å². The molecule has 1 aromatic carbocycles. The minimum absolute atomic E-state index is 0.174. The van der Waals surface area contributed by atoms with E-state index in [-0.39, 0.29) is 11.1 Å². The first-order valence-electron chi connectivity index (χ1n) is 6.81. The summed E-state index contributed by atoms with van der Waals surface area (Å²) in [5, 5.41) is -0.391. The van der Waals surface area contributed by atoms with Gasteiger partial charge in [0.2, 0.25) is 0 Å². The Hall–Kier alpha value is -1.20. The van der Waals surface area contributed by atoms with Crippen LogP contribution in [-0.4, -0.2) is 34.1 Å². The number of hydrogen-bond acceptors (Lipinski definition) is 2. The number of fused-ring (bicyclic) bond motifs is 1. The van der Waals surface area contributed by atoms with Crippen molar-refractivity contribution in [1.29, 1.82) is 0 Å². The molecule has 3 nitrogen and oxygen atoms in total. The summed E-state index contributed by atoms with van der Waals surface area (Å²) < 4.78 is 29.5. The molecule has 1 atom stereocenters. The first kappa shape index (κ1) is 16.2. The predicted octanol–water partition coefficient (Wildman–Crippen LogP) is 3.95. The van der Waals surface area contributed by atoms with Gasteiger partial charge < -0.3 is 9.47 Å². The largest absolute Gasteiger partial charge is 0.322 e. The van der Waals surface area contributed by atoms with Gasteiger partial charge in [0.05, 0.1) is 10.9 Å². The molecule has 0 aliphatic heterocycles. The lowest BCUT2D eigenvalue weighted by Crippen LogP contribution is -2.42. The zero-order valence-corrected chi connectivity index (χ0v) is 13.7. The van der Waals surface area contributed by atoms with E-state index in [1.54, 1.807) is 11.5 Å². The third-order valence-electron chi connectivity index (χ3n) is 3.94. The highest BCUT2D eigenvalue weighted by molar-refractivity contribution is 6.20. The van der Waals surface area contributed by atoms with Crippen molar-refractivity contribution < 1.29 is 8.78 Å². The molecule has 1 unspecified atom stereocenters. The maximum Gasteiger partial charge on any atom is 0.184 e. The van der Waals surface area contributed by atoms with Gasteiger partial charge in [0.25, 0.3) is 0 Å². The van der Waals surface area contributed by atoms with Crippen LogP contribution in [-0.2, 0) is 6.54 Å². The van der Waals surface area contributed by atoms with E-state index in [1.165, 1.54) is 6.07 Å². The van der Waals surface area contributed by atoms with Gasteiger partial charge in [-0.25, -0.2) is 13.8 Å². The number of benzene rings is 1. The maximum absolute atomic E-state index is 14.2. The molecule has 0 amide bonds. The highest BCUT2D eigenvalue weighted by Crippen LogP contribution is 2.29. The summed E-state index contributed by atoms with van der Waals surface area (Å²) >= 11 is 6.17. The topological polar surface area (TPSA) is 21.1 Å². The molecule has 0 N–H and O–H groups in total. The van der Waals surface area contributed by atoms with Gasteiger partial charge >= 0.3 is 0 Å². The fraction of sp³-hybridized carbons (Fsp3) is 0.533. The van der Waals surface area contributed by atoms with E-state index in [9.17, 15) is 8.78 Å². The molecule has 0 saturated heterocycles. The fourth-order valence-corrected chi connectivity index (χ4v) is 2.33. The van der Waals surface area contributed by atoms with Crippen LogP contribution in [0.5, 0.6) is 0 Å². The Morgan fingerprint density at radius 3 is 2.48 bits per heavy atom. The van der Waals surface area contributed by atoms with Gasteiger partial charge in [-0.05, 0) is 47.0 Å². The van der Waals surface area contributed by atoms with Crippen LogP contribution in [0.2, 0.25) is 0 Å². The zero-order valence-electron chi connectivity index (χ0n) is 12.9. The van der Waals surface area contributed by atoms with Crippen molar-refractivity contribution in [2.75, 3.05) is 14.1 Å². The minimum atomic E-state index is -0.877. The number of halogens is 3. The van der Waals surface area contributed by atoms with E-state index >= 15 is 0 Å². The van der Waals surface area contributed by atoms with E-state index in [2.05, 4.69) is 4.98 Å². The molecule has 0 aliphatic carbocycles. The molecule has 2 rings (SSSR count). The molecule has 0 radical (unpaired) electrons. The van der Waals surface area contributed by atoms with Gasteiger partial charge in [0.15, 0.2) is 11.6 Å². The van der Waals surface area contributed by atoms with Crippen LogP contribution >= 0.6 is 11.6 Å². The second kappa shape index (κ2) is 5.54. The van der Waals surface area contributed by atoms with Crippen molar-refractivity contribution >= 4 is 22.6 Å². The molecule has 1 aromatic heterocycles. The number of nitrogens with zero attached hydrogens (tertiary/aromatic N) is 3. The Labute approximate surface area is 128 Å². The quantitative estimate of drug-likeness (QED) is 0.796. The Balaban J connectivity index is 2.69. The summed E-state index contributed by atoms with van der Waals surface area (Å²) in [6.07, 6.45) is 0. The molecule has 0 aliphatic rings. The Morgan fingerprint density at radius 2 is 1.95 bits per heavy atom. The molecule has 0 bridgehead atoms. The van der Waals surface area contributed by atoms with Gasteiger partial charge in [-0.3, -0.25) is 0 Å². The minimum Gasteiger partial charge on any atom is -0.322 e. The normalized spacial score (nSPS) is 14.1. The third kappa shape index (κ3) is 2.90. The summed E-state index contributed by atoms with van der Waals surface area (Å²) in [5.74, 6) is -1.20.